The Bertz CT molecular complexity index is 1430. The molecule has 5 heterocycles. The van der Waals surface area contributed by atoms with E-state index in [1.807, 2.05) is 23.9 Å². The monoisotopic (exact) mass is 412 g/mol. The molecule has 4 aromatic rings. The summed E-state index contributed by atoms with van der Waals surface area (Å²) in [5, 5.41) is 6.22. The van der Waals surface area contributed by atoms with Crippen molar-refractivity contribution >= 4 is 31.8 Å². The lowest BCUT2D eigenvalue weighted by Crippen LogP contribution is -2.35. The zero-order chi connectivity index (χ0) is 20.3. The van der Waals surface area contributed by atoms with Crippen molar-refractivity contribution in [3.05, 3.63) is 58.0 Å². The number of hydrogen-bond donors (Lipinski definition) is 1. The van der Waals surface area contributed by atoms with Crippen molar-refractivity contribution in [2.45, 2.75) is 19.5 Å². The Morgan fingerprint density at radius 3 is 2.86 bits per heavy atom. The molecule has 0 spiro atoms. The van der Waals surface area contributed by atoms with E-state index in [4.69, 9.17) is 0 Å². The predicted octanol–water partition coefficient (Wildman–Crippen LogP) is 0.977. The number of aryl methyl sites for hydroxylation is 1. The van der Waals surface area contributed by atoms with Crippen LogP contribution in [0, 0.1) is 0 Å². The smallest absolute Gasteiger partial charge is 0.291 e. The molecule has 5 rings (SSSR count). The Hall–Kier alpha value is -2.98. The highest BCUT2D eigenvalue weighted by Crippen LogP contribution is 2.29. The predicted molar refractivity (Wildman–Crippen MR) is 109 cm³/mol. The van der Waals surface area contributed by atoms with Crippen molar-refractivity contribution in [2.24, 2.45) is 7.05 Å². The highest BCUT2D eigenvalue weighted by molar-refractivity contribution is 7.88. The first-order valence-electron chi connectivity index (χ1n) is 9.26. The van der Waals surface area contributed by atoms with E-state index in [0.717, 1.165) is 33.1 Å². The van der Waals surface area contributed by atoms with E-state index in [0.29, 0.717) is 25.0 Å². The number of fused-ring (bicyclic) bond motifs is 4. The summed E-state index contributed by atoms with van der Waals surface area (Å²) >= 11 is 0. The van der Waals surface area contributed by atoms with Gasteiger partial charge in [-0.05, 0) is 23.6 Å². The van der Waals surface area contributed by atoms with Crippen LogP contribution in [0.4, 0.5) is 0 Å². The van der Waals surface area contributed by atoms with Crippen molar-refractivity contribution in [1.82, 2.24) is 28.6 Å². The third-order valence-electron chi connectivity index (χ3n) is 5.73. The van der Waals surface area contributed by atoms with E-state index in [9.17, 15) is 13.2 Å². The highest BCUT2D eigenvalue weighted by atomic mass is 32.2. The lowest BCUT2D eigenvalue weighted by atomic mass is 10.1. The molecule has 10 heteroatoms. The van der Waals surface area contributed by atoms with Crippen LogP contribution in [0.15, 0.2) is 35.6 Å². The van der Waals surface area contributed by atoms with Crippen LogP contribution < -0.4 is 5.56 Å². The summed E-state index contributed by atoms with van der Waals surface area (Å²) in [6.45, 7) is 1.02. The van der Waals surface area contributed by atoms with Crippen LogP contribution in [-0.4, -0.2) is 49.8 Å². The number of nitrogens with zero attached hydrogens (tertiary/aromatic N) is 5. The van der Waals surface area contributed by atoms with E-state index in [1.54, 1.807) is 18.6 Å². The summed E-state index contributed by atoms with van der Waals surface area (Å²) in [4.78, 5) is 20.5. The topological polar surface area (TPSA) is 106 Å². The first kappa shape index (κ1) is 18.1. The average molecular weight is 412 g/mol. The SMILES string of the molecule is Cn1c2c(c3cnn(Cc4c[nH]c5cnccc45)c(=O)c31)CCN(S(C)(=O)=O)C2. The quantitative estimate of drug-likeness (QED) is 0.540. The van der Waals surface area contributed by atoms with Crippen molar-refractivity contribution in [1.29, 1.82) is 0 Å². The number of pyridine rings is 1. The Labute approximate surface area is 166 Å². The minimum absolute atomic E-state index is 0.186. The van der Waals surface area contributed by atoms with Gasteiger partial charge in [0, 0.05) is 42.5 Å². The standard InChI is InChI=1S/C19H20N6O3S/c1-23-17-11-24(29(2,27)28)6-4-14(17)15-8-22-25(19(26)18(15)23)10-12-7-21-16-9-20-5-3-13(12)16/h3,5,7-9,21H,4,6,10-11H2,1-2H3. The fourth-order valence-corrected chi connectivity index (χ4v) is 4.98. The zero-order valence-electron chi connectivity index (χ0n) is 16.1. The van der Waals surface area contributed by atoms with Gasteiger partial charge in [-0.2, -0.15) is 9.40 Å². The molecule has 9 nitrogen and oxygen atoms in total. The highest BCUT2D eigenvalue weighted by Gasteiger charge is 2.28. The minimum atomic E-state index is -3.28. The number of aromatic nitrogens is 5. The van der Waals surface area contributed by atoms with Crippen LogP contribution >= 0.6 is 0 Å². The van der Waals surface area contributed by atoms with Crippen LogP contribution in [0.3, 0.4) is 0 Å². The molecule has 0 saturated carbocycles. The van der Waals surface area contributed by atoms with Gasteiger partial charge in [-0.1, -0.05) is 0 Å². The van der Waals surface area contributed by atoms with Gasteiger partial charge in [0.05, 0.1) is 37.3 Å². The summed E-state index contributed by atoms with van der Waals surface area (Å²) in [5.41, 5.74) is 4.10. The van der Waals surface area contributed by atoms with Crippen molar-refractivity contribution < 1.29 is 8.42 Å². The molecule has 29 heavy (non-hydrogen) atoms. The Morgan fingerprint density at radius 2 is 2.07 bits per heavy atom. The maximum absolute atomic E-state index is 13.2. The van der Waals surface area contributed by atoms with Gasteiger partial charge in [-0.25, -0.2) is 13.1 Å². The molecule has 0 aliphatic carbocycles. The second-order valence-electron chi connectivity index (χ2n) is 7.44. The second-order valence-corrected chi connectivity index (χ2v) is 9.42. The van der Waals surface area contributed by atoms with Gasteiger partial charge in [0.25, 0.3) is 5.56 Å². The van der Waals surface area contributed by atoms with Gasteiger partial charge in [0.15, 0.2) is 0 Å². The molecule has 1 aliphatic heterocycles. The molecule has 0 amide bonds. The third-order valence-corrected chi connectivity index (χ3v) is 6.98. The van der Waals surface area contributed by atoms with E-state index in [2.05, 4.69) is 15.1 Å². The second kappa shape index (κ2) is 6.26. The Balaban J connectivity index is 1.61. The van der Waals surface area contributed by atoms with E-state index in [-0.39, 0.29) is 12.1 Å². The van der Waals surface area contributed by atoms with Crippen LogP contribution in [0.25, 0.3) is 21.8 Å². The molecule has 0 aromatic carbocycles. The molecule has 150 valence electrons. The van der Waals surface area contributed by atoms with Gasteiger partial charge in [0.1, 0.15) is 5.52 Å². The lowest BCUT2D eigenvalue weighted by molar-refractivity contribution is 0.386. The summed E-state index contributed by atoms with van der Waals surface area (Å²) < 4.78 is 28.6. The van der Waals surface area contributed by atoms with E-state index in [1.165, 1.54) is 15.2 Å². The van der Waals surface area contributed by atoms with Crippen molar-refractivity contribution in [3.63, 3.8) is 0 Å². The van der Waals surface area contributed by atoms with Gasteiger partial charge < -0.3 is 9.55 Å². The van der Waals surface area contributed by atoms with Gasteiger partial charge in [-0.3, -0.25) is 9.78 Å². The molecule has 0 atom stereocenters. The fourth-order valence-electron chi connectivity index (χ4n) is 4.20. The van der Waals surface area contributed by atoms with Crippen molar-refractivity contribution in [2.75, 3.05) is 12.8 Å². The maximum atomic E-state index is 13.2. The van der Waals surface area contributed by atoms with E-state index >= 15 is 0 Å². The number of rotatable bonds is 3. The summed E-state index contributed by atoms with van der Waals surface area (Å²) in [6.07, 6.45) is 8.84. The number of hydrogen-bond acceptors (Lipinski definition) is 5. The third kappa shape index (κ3) is 2.78. The molecule has 0 saturated heterocycles. The van der Waals surface area contributed by atoms with Gasteiger partial charge in [-0.15, -0.1) is 0 Å². The molecule has 4 aromatic heterocycles. The minimum Gasteiger partial charge on any atom is -0.360 e. The Kier molecular flexibility index (Phi) is 3.90. The Morgan fingerprint density at radius 1 is 1.24 bits per heavy atom. The fraction of sp³-hybridized carbons (Fsp3) is 0.316. The molecule has 0 fully saturated rings. The number of aromatic amines is 1. The molecule has 0 unspecified atom stereocenters. The molecule has 0 radical (unpaired) electrons. The first-order valence-corrected chi connectivity index (χ1v) is 11.1. The van der Waals surface area contributed by atoms with Crippen LogP contribution in [0.1, 0.15) is 16.8 Å². The van der Waals surface area contributed by atoms with Crippen LogP contribution in [-0.2, 0) is 36.6 Å². The maximum Gasteiger partial charge on any atom is 0.291 e. The number of nitrogens with one attached hydrogen (secondary N) is 1. The molecular weight excluding hydrogens is 392 g/mol. The summed E-state index contributed by atoms with van der Waals surface area (Å²) in [7, 11) is -1.47. The molecule has 1 aliphatic rings. The summed E-state index contributed by atoms with van der Waals surface area (Å²) in [6, 6.07) is 1.91. The molecule has 0 bridgehead atoms. The summed E-state index contributed by atoms with van der Waals surface area (Å²) in [5.74, 6) is 0. The molecular formula is C19H20N6O3S. The average Bonchev–Trinajstić information content (AvgIpc) is 3.23. The van der Waals surface area contributed by atoms with Crippen LogP contribution in [0.2, 0.25) is 0 Å². The molecule has 1 N–H and O–H groups in total. The lowest BCUT2D eigenvalue weighted by Gasteiger charge is -2.25. The zero-order valence-corrected chi connectivity index (χ0v) is 16.9. The number of sulfonamides is 1. The van der Waals surface area contributed by atoms with Crippen molar-refractivity contribution in [3.8, 4) is 0 Å². The van der Waals surface area contributed by atoms with Crippen LogP contribution in [0.5, 0.6) is 0 Å². The normalized spacial score (nSPS) is 15.2. The van der Waals surface area contributed by atoms with Gasteiger partial charge >= 0.3 is 0 Å². The first-order chi connectivity index (χ1) is 13.8. The van der Waals surface area contributed by atoms with E-state index < -0.39 is 10.0 Å². The largest absolute Gasteiger partial charge is 0.360 e. The van der Waals surface area contributed by atoms with Gasteiger partial charge in [0.2, 0.25) is 10.0 Å². The number of H-pyrrole nitrogens is 1.